The van der Waals surface area contributed by atoms with E-state index in [1.165, 1.54) is 24.2 Å². The summed E-state index contributed by atoms with van der Waals surface area (Å²) < 4.78 is 0. The van der Waals surface area contributed by atoms with Gasteiger partial charge in [-0.3, -0.25) is 10.2 Å². The molecule has 0 saturated carbocycles. The predicted molar refractivity (Wildman–Crippen MR) is 83.1 cm³/mol. The highest BCUT2D eigenvalue weighted by Gasteiger charge is 2.29. The van der Waals surface area contributed by atoms with Gasteiger partial charge >= 0.3 is 0 Å². The van der Waals surface area contributed by atoms with Crippen LogP contribution in [0, 0.1) is 5.92 Å². The maximum atomic E-state index is 11.9. The Morgan fingerprint density at radius 2 is 2.00 bits per heavy atom. The highest BCUT2D eigenvalue weighted by molar-refractivity contribution is 7.17. The molecule has 0 spiro atoms. The molecule has 2 heterocycles. The Balaban J connectivity index is 2.31. The summed E-state index contributed by atoms with van der Waals surface area (Å²) in [6, 6.07) is 0. The molecule has 0 bridgehead atoms. The number of piperidine rings is 1. The van der Waals surface area contributed by atoms with Gasteiger partial charge in [-0.25, -0.2) is 10.8 Å². The van der Waals surface area contributed by atoms with Crippen molar-refractivity contribution in [1.29, 1.82) is 0 Å². The Kier molecular flexibility index (Phi) is 4.34. The molecule has 20 heavy (non-hydrogen) atoms. The molecular weight excluding hydrogens is 272 g/mol. The zero-order valence-corrected chi connectivity index (χ0v) is 13.5. The van der Waals surface area contributed by atoms with E-state index in [0.717, 1.165) is 29.8 Å². The highest BCUT2D eigenvalue weighted by Crippen LogP contribution is 2.35. The Bertz CT molecular complexity index is 484. The van der Waals surface area contributed by atoms with Crippen molar-refractivity contribution in [2.75, 3.05) is 18.0 Å². The van der Waals surface area contributed by atoms with Gasteiger partial charge in [0.25, 0.3) is 5.91 Å². The van der Waals surface area contributed by atoms with E-state index in [9.17, 15) is 4.79 Å². The zero-order chi connectivity index (χ0) is 14.9. The number of hydrogen-bond acceptors (Lipinski definition) is 5. The van der Waals surface area contributed by atoms with Crippen molar-refractivity contribution in [2.45, 2.75) is 46.0 Å². The molecule has 1 aromatic heterocycles. The average molecular weight is 296 g/mol. The number of hydrazine groups is 1. The number of nitrogens with zero attached hydrogens (tertiary/aromatic N) is 2. The molecular formula is C14H24N4OS. The van der Waals surface area contributed by atoms with Crippen molar-refractivity contribution >= 4 is 22.4 Å². The molecule has 6 heteroatoms. The number of aromatic nitrogens is 1. The molecule has 0 radical (unpaired) electrons. The second-order valence-electron chi connectivity index (χ2n) is 6.57. The van der Waals surface area contributed by atoms with Crippen LogP contribution in [0.25, 0.3) is 0 Å². The molecule has 0 unspecified atom stereocenters. The molecule has 1 aliphatic heterocycles. The minimum absolute atomic E-state index is 0.167. The lowest BCUT2D eigenvalue weighted by atomic mass is 9.91. The van der Waals surface area contributed by atoms with Crippen molar-refractivity contribution in [1.82, 2.24) is 10.4 Å². The molecule has 1 aliphatic rings. The molecule has 3 N–H and O–H groups in total. The van der Waals surface area contributed by atoms with Crippen LogP contribution < -0.4 is 16.2 Å². The first-order valence-corrected chi connectivity index (χ1v) is 7.91. The first-order chi connectivity index (χ1) is 9.32. The van der Waals surface area contributed by atoms with Crippen molar-refractivity contribution in [3.05, 3.63) is 10.6 Å². The lowest BCUT2D eigenvalue weighted by Crippen LogP contribution is -2.32. The summed E-state index contributed by atoms with van der Waals surface area (Å²) in [4.78, 5) is 19.6. The van der Waals surface area contributed by atoms with Gasteiger partial charge in [-0.15, -0.1) is 0 Å². The van der Waals surface area contributed by atoms with Gasteiger partial charge in [0.1, 0.15) is 4.88 Å². The van der Waals surface area contributed by atoms with Gasteiger partial charge < -0.3 is 4.90 Å². The van der Waals surface area contributed by atoms with Crippen LogP contribution >= 0.6 is 11.3 Å². The van der Waals surface area contributed by atoms with E-state index in [1.807, 2.05) is 0 Å². The molecule has 1 aromatic rings. The van der Waals surface area contributed by atoms with Gasteiger partial charge in [-0.2, -0.15) is 0 Å². The number of nitrogens with one attached hydrogen (secondary N) is 1. The van der Waals surface area contributed by atoms with Crippen molar-refractivity contribution in [3.63, 3.8) is 0 Å². The number of hydrogen-bond donors (Lipinski definition) is 2. The number of nitrogens with two attached hydrogens (primary N) is 1. The number of amides is 1. The van der Waals surface area contributed by atoms with Crippen LogP contribution in [0.15, 0.2) is 0 Å². The number of rotatable bonds is 2. The van der Waals surface area contributed by atoms with Crippen LogP contribution in [0.5, 0.6) is 0 Å². The van der Waals surface area contributed by atoms with E-state index in [2.05, 4.69) is 38.0 Å². The molecule has 1 saturated heterocycles. The predicted octanol–water partition coefficient (Wildman–Crippen LogP) is 2.28. The van der Waals surface area contributed by atoms with E-state index < -0.39 is 0 Å². The average Bonchev–Trinajstić information content (AvgIpc) is 2.83. The number of carbonyl (C=O) groups is 1. The molecule has 5 nitrogen and oxygen atoms in total. The first kappa shape index (κ1) is 15.3. The largest absolute Gasteiger partial charge is 0.348 e. The summed E-state index contributed by atoms with van der Waals surface area (Å²) in [5, 5.41) is 0.945. The van der Waals surface area contributed by atoms with E-state index in [0.29, 0.717) is 4.88 Å². The number of thiazole rings is 1. The second kappa shape index (κ2) is 5.69. The van der Waals surface area contributed by atoms with Crippen LogP contribution in [0.4, 0.5) is 5.13 Å². The normalized spacial score (nSPS) is 17.4. The number of anilines is 1. The SMILES string of the molecule is CC1CCN(c2nc(C(C)(C)C)c(C(=O)NN)s2)CC1. The van der Waals surface area contributed by atoms with Gasteiger partial charge in [0.15, 0.2) is 5.13 Å². The van der Waals surface area contributed by atoms with E-state index in [1.54, 1.807) is 0 Å². The quantitative estimate of drug-likeness (QED) is 0.499. The Morgan fingerprint density at radius 3 is 2.50 bits per heavy atom. The van der Waals surface area contributed by atoms with Crippen LogP contribution in [-0.4, -0.2) is 24.0 Å². The fraction of sp³-hybridized carbons (Fsp3) is 0.714. The van der Waals surface area contributed by atoms with Gasteiger partial charge in [0.05, 0.1) is 5.69 Å². The van der Waals surface area contributed by atoms with Crippen molar-refractivity contribution < 1.29 is 4.79 Å². The summed E-state index contributed by atoms with van der Waals surface area (Å²) in [6.07, 6.45) is 2.37. The lowest BCUT2D eigenvalue weighted by molar-refractivity contribution is 0.0955. The minimum Gasteiger partial charge on any atom is -0.348 e. The Hall–Kier alpha value is -1.14. The summed E-state index contributed by atoms with van der Waals surface area (Å²) in [5.41, 5.74) is 2.90. The van der Waals surface area contributed by atoms with E-state index >= 15 is 0 Å². The topological polar surface area (TPSA) is 71.2 Å². The van der Waals surface area contributed by atoms with Gasteiger partial charge in [-0.05, 0) is 18.8 Å². The van der Waals surface area contributed by atoms with Gasteiger partial charge in [-0.1, -0.05) is 39.0 Å². The Labute approximate surface area is 124 Å². The van der Waals surface area contributed by atoms with Crippen LogP contribution in [0.1, 0.15) is 55.9 Å². The van der Waals surface area contributed by atoms with Crippen molar-refractivity contribution in [2.24, 2.45) is 11.8 Å². The van der Waals surface area contributed by atoms with Crippen LogP contribution in [0.2, 0.25) is 0 Å². The first-order valence-electron chi connectivity index (χ1n) is 7.10. The third-order valence-electron chi connectivity index (χ3n) is 3.72. The second-order valence-corrected chi connectivity index (χ2v) is 7.54. The molecule has 2 rings (SSSR count). The third kappa shape index (κ3) is 3.12. The fourth-order valence-corrected chi connectivity index (χ4v) is 3.60. The summed E-state index contributed by atoms with van der Waals surface area (Å²) in [5.74, 6) is 5.82. The van der Waals surface area contributed by atoms with Crippen LogP contribution in [-0.2, 0) is 5.41 Å². The monoisotopic (exact) mass is 296 g/mol. The lowest BCUT2D eigenvalue weighted by Gasteiger charge is -2.29. The maximum Gasteiger partial charge on any atom is 0.277 e. The van der Waals surface area contributed by atoms with Crippen LogP contribution in [0.3, 0.4) is 0 Å². The highest BCUT2D eigenvalue weighted by atomic mass is 32.1. The maximum absolute atomic E-state index is 11.9. The summed E-state index contributed by atoms with van der Waals surface area (Å²) in [6.45, 7) is 10.5. The zero-order valence-electron chi connectivity index (χ0n) is 12.7. The molecule has 0 aliphatic carbocycles. The third-order valence-corrected chi connectivity index (χ3v) is 4.83. The van der Waals surface area contributed by atoms with Crippen molar-refractivity contribution in [3.8, 4) is 0 Å². The molecule has 0 aromatic carbocycles. The Morgan fingerprint density at radius 1 is 1.40 bits per heavy atom. The summed E-state index contributed by atoms with van der Waals surface area (Å²) >= 11 is 1.45. The number of nitrogen functional groups attached to an aromatic ring is 1. The molecule has 112 valence electrons. The standard InChI is InChI=1S/C14H24N4OS/c1-9-5-7-18(8-6-9)13-16-11(14(2,3)4)10(20-13)12(19)17-15/h9H,5-8,15H2,1-4H3,(H,17,19). The fourth-order valence-electron chi connectivity index (χ4n) is 2.37. The summed E-state index contributed by atoms with van der Waals surface area (Å²) in [7, 11) is 0. The van der Waals surface area contributed by atoms with Gasteiger partial charge in [0, 0.05) is 18.5 Å². The number of carbonyl (C=O) groups excluding carboxylic acids is 1. The van der Waals surface area contributed by atoms with Gasteiger partial charge in [0.2, 0.25) is 0 Å². The minimum atomic E-state index is -0.246. The van der Waals surface area contributed by atoms with E-state index in [-0.39, 0.29) is 11.3 Å². The molecule has 1 amide bonds. The smallest absolute Gasteiger partial charge is 0.277 e. The molecule has 0 atom stereocenters. The molecule has 1 fully saturated rings. The van der Waals surface area contributed by atoms with E-state index in [4.69, 9.17) is 10.8 Å².